The summed E-state index contributed by atoms with van der Waals surface area (Å²) in [6, 6.07) is 2.72. The van der Waals surface area contributed by atoms with E-state index in [4.69, 9.17) is 0 Å². The fourth-order valence-electron chi connectivity index (χ4n) is 1.92. The minimum Gasteiger partial charge on any atom is -0.335 e. The molecule has 20 heavy (non-hydrogen) atoms. The Morgan fingerprint density at radius 2 is 1.90 bits per heavy atom. The molecule has 2 rings (SSSR count). The number of carbonyl (C=O) groups is 1. The Kier molecular flexibility index (Phi) is 4.06. The third kappa shape index (κ3) is 3.14. The lowest BCUT2D eigenvalue weighted by Gasteiger charge is -2.32. The standard InChI is InChI=1S/C10H13N3O5S2/c1-20(17,18)12-6-4-11(5-7-12)10(14)8-2-3-9(19-8)13(15)16/h2-3H,4-7H2,1H3. The number of rotatable bonds is 3. The molecule has 0 aliphatic carbocycles. The van der Waals surface area contributed by atoms with Gasteiger partial charge in [0.25, 0.3) is 5.91 Å². The predicted octanol–water partition coefficient (Wildman–Crippen LogP) is 0.374. The summed E-state index contributed by atoms with van der Waals surface area (Å²) in [4.78, 5) is 24.0. The van der Waals surface area contributed by atoms with Crippen molar-refractivity contribution in [2.24, 2.45) is 0 Å². The van der Waals surface area contributed by atoms with Gasteiger partial charge in [0, 0.05) is 32.2 Å². The molecule has 0 aromatic carbocycles. The first-order valence-corrected chi connectivity index (χ1v) is 8.44. The highest BCUT2D eigenvalue weighted by Gasteiger charge is 2.27. The van der Waals surface area contributed by atoms with Crippen molar-refractivity contribution in [1.29, 1.82) is 0 Å². The van der Waals surface area contributed by atoms with E-state index in [1.807, 2.05) is 0 Å². The molecule has 0 unspecified atom stereocenters. The highest BCUT2D eigenvalue weighted by molar-refractivity contribution is 7.88. The largest absolute Gasteiger partial charge is 0.335 e. The summed E-state index contributed by atoms with van der Waals surface area (Å²) >= 11 is 0.827. The van der Waals surface area contributed by atoms with E-state index in [0.717, 1.165) is 17.6 Å². The van der Waals surface area contributed by atoms with Crippen LogP contribution in [0.15, 0.2) is 12.1 Å². The number of amides is 1. The molecule has 1 amide bonds. The van der Waals surface area contributed by atoms with Gasteiger partial charge in [0.15, 0.2) is 0 Å². The first-order valence-electron chi connectivity index (χ1n) is 5.77. The molecular formula is C10H13N3O5S2. The SMILES string of the molecule is CS(=O)(=O)N1CCN(C(=O)c2ccc([N+](=O)[O-])s2)CC1. The molecular weight excluding hydrogens is 306 g/mol. The van der Waals surface area contributed by atoms with Crippen LogP contribution in [0.5, 0.6) is 0 Å². The second-order valence-corrected chi connectivity index (χ2v) is 7.39. The molecule has 0 radical (unpaired) electrons. The highest BCUT2D eigenvalue weighted by atomic mass is 32.2. The van der Waals surface area contributed by atoms with Gasteiger partial charge in [-0.15, -0.1) is 0 Å². The summed E-state index contributed by atoms with van der Waals surface area (Å²) in [7, 11) is -3.24. The van der Waals surface area contributed by atoms with E-state index in [0.29, 0.717) is 4.88 Å². The molecule has 110 valence electrons. The van der Waals surface area contributed by atoms with Crippen LogP contribution in [0.3, 0.4) is 0 Å². The van der Waals surface area contributed by atoms with Crippen molar-refractivity contribution in [3.8, 4) is 0 Å². The Labute approximate surface area is 119 Å². The molecule has 1 aliphatic heterocycles. The third-order valence-corrected chi connectivity index (χ3v) is 5.31. The van der Waals surface area contributed by atoms with E-state index in [2.05, 4.69) is 0 Å². The maximum Gasteiger partial charge on any atom is 0.324 e. The van der Waals surface area contributed by atoms with Crippen molar-refractivity contribution in [3.05, 3.63) is 27.1 Å². The Morgan fingerprint density at radius 1 is 1.30 bits per heavy atom. The van der Waals surface area contributed by atoms with Crippen LogP contribution in [0.25, 0.3) is 0 Å². The fraction of sp³-hybridized carbons (Fsp3) is 0.500. The molecule has 1 aliphatic rings. The number of carbonyl (C=O) groups excluding carboxylic acids is 1. The maximum absolute atomic E-state index is 12.1. The molecule has 0 atom stereocenters. The van der Waals surface area contributed by atoms with Gasteiger partial charge in [-0.25, -0.2) is 8.42 Å². The average Bonchev–Trinajstić information content (AvgIpc) is 2.86. The van der Waals surface area contributed by atoms with Crippen LogP contribution in [0.4, 0.5) is 5.00 Å². The Morgan fingerprint density at radius 3 is 2.35 bits per heavy atom. The van der Waals surface area contributed by atoms with Gasteiger partial charge >= 0.3 is 5.00 Å². The summed E-state index contributed by atoms with van der Waals surface area (Å²) in [5.74, 6) is -0.295. The summed E-state index contributed by atoms with van der Waals surface area (Å²) in [5, 5.41) is 10.5. The summed E-state index contributed by atoms with van der Waals surface area (Å²) in [6.07, 6.45) is 1.13. The van der Waals surface area contributed by atoms with Crippen molar-refractivity contribution in [1.82, 2.24) is 9.21 Å². The van der Waals surface area contributed by atoms with E-state index < -0.39 is 14.9 Å². The van der Waals surface area contributed by atoms with Gasteiger partial charge in [-0.2, -0.15) is 4.31 Å². The second-order valence-electron chi connectivity index (χ2n) is 4.35. The fourth-order valence-corrected chi connectivity index (χ4v) is 3.53. The third-order valence-electron chi connectivity index (χ3n) is 2.98. The normalized spacial score (nSPS) is 17.1. The van der Waals surface area contributed by atoms with Gasteiger partial charge in [-0.1, -0.05) is 11.3 Å². The van der Waals surface area contributed by atoms with Crippen LogP contribution >= 0.6 is 11.3 Å². The van der Waals surface area contributed by atoms with Crippen molar-refractivity contribution < 1.29 is 18.1 Å². The smallest absolute Gasteiger partial charge is 0.324 e. The van der Waals surface area contributed by atoms with Gasteiger partial charge in [-0.05, 0) is 6.07 Å². The predicted molar refractivity (Wildman–Crippen MR) is 73.3 cm³/mol. The monoisotopic (exact) mass is 319 g/mol. The molecule has 0 N–H and O–H groups in total. The number of hydrogen-bond donors (Lipinski definition) is 0. The second kappa shape index (κ2) is 5.46. The van der Waals surface area contributed by atoms with Crippen molar-refractivity contribution in [3.63, 3.8) is 0 Å². The summed E-state index contributed by atoms with van der Waals surface area (Å²) < 4.78 is 24.0. The molecule has 1 fully saturated rings. The number of thiophene rings is 1. The van der Waals surface area contributed by atoms with Crippen LogP contribution < -0.4 is 0 Å². The van der Waals surface area contributed by atoms with E-state index >= 15 is 0 Å². The first kappa shape index (κ1) is 14.9. The molecule has 1 saturated heterocycles. The van der Waals surface area contributed by atoms with Gasteiger partial charge < -0.3 is 4.90 Å². The maximum atomic E-state index is 12.1. The van der Waals surface area contributed by atoms with Gasteiger partial charge in [-0.3, -0.25) is 14.9 Å². The Balaban J connectivity index is 2.03. The lowest BCUT2D eigenvalue weighted by Crippen LogP contribution is -2.50. The van der Waals surface area contributed by atoms with Gasteiger partial charge in [0.2, 0.25) is 10.0 Å². The van der Waals surface area contributed by atoms with Crippen LogP contribution in [0.1, 0.15) is 9.67 Å². The molecule has 10 heteroatoms. The lowest BCUT2D eigenvalue weighted by molar-refractivity contribution is -0.380. The van der Waals surface area contributed by atoms with Crippen LogP contribution in [-0.2, 0) is 10.0 Å². The average molecular weight is 319 g/mol. The molecule has 1 aromatic heterocycles. The minimum atomic E-state index is -3.24. The number of piperazine rings is 1. The number of hydrogen-bond acceptors (Lipinski definition) is 6. The van der Waals surface area contributed by atoms with Crippen LogP contribution in [0, 0.1) is 10.1 Å². The van der Waals surface area contributed by atoms with Crippen LogP contribution in [-0.4, -0.2) is 60.9 Å². The molecule has 0 spiro atoms. The molecule has 8 nitrogen and oxygen atoms in total. The van der Waals surface area contributed by atoms with E-state index in [1.165, 1.54) is 21.3 Å². The summed E-state index contributed by atoms with van der Waals surface area (Å²) in [6.45, 7) is 1.07. The lowest BCUT2D eigenvalue weighted by atomic mass is 10.3. The van der Waals surface area contributed by atoms with Crippen LogP contribution in [0.2, 0.25) is 0 Å². The van der Waals surface area contributed by atoms with Crippen molar-refractivity contribution >= 4 is 32.3 Å². The topological polar surface area (TPSA) is 101 Å². The van der Waals surface area contributed by atoms with Crippen molar-refractivity contribution in [2.45, 2.75) is 0 Å². The number of nitro groups is 1. The zero-order valence-corrected chi connectivity index (χ0v) is 12.3. The Hall–Kier alpha value is -1.52. The molecule has 0 saturated carbocycles. The quantitative estimate of drug-likeness (QED) is 0.592. The zero-order valence-electron chi connectivity index (χ0n) is 10.7. The number of nitrogens with zero attached hydrogens (tertiary/aromatic N) is 3. The first-order chi connectivity index (χ1) is 9.29. The summed E-state index contributed by atoms with van der Waals surface area (Å²) in [5.41, 5.74) is 0. The molecule has 1 aromatic rings. The van der Waals surface area contributed by atoms with E-state index in [-0.39, 0.29) is 37.1 Å². The van der Waals surface area contributed by atoms with Gasteiger partial charge in [0.1, 0.15) is 0 Å². The van der Waals surface area contributed by atoms with Gasteiger partial charge in [0.05, 0.1) is 16.1 Å². The zero-order chi connectivity index (χ0) is 14.9. The number of sulfonamides is 1. The van der Waals surface area contributed by atoms with E-state index in [9.17, 15) is 23.3 Å². The molecule has 2 heterocycles. The minimum absolute atomic E-state index is 0.0804. The highest BCUT2D eigenvalue weighted by Crippen LogP contribution is 2.25. The Bertz CT molecular complexity index is 631. The van der Waals surface area contributed by atoms with E-state index in [1.54, 1.807) is 0 Å². The molecule has 0 bridgehead atoms. The van der Waals surface area contributed by atoms with Crippen molar-refractivity contribution in [2.75, 3.05) is 32.4 Å².